The highest BCUT2D eigenvalue weighted by Crippen LogP contribution is 2.27. The molecular formula is C19H20FNO3S. The molecular weight excluding hydrogens is 341 g/mol. The summed E-state index contributed by atoms with van der Waals surface area (Å²) in [5, 5.41) is 0. The number of benzene rings is 2. The maximum atomic E-state index is 12.9. The van der Waals surface area contributed by atoms with E-state index < -0.39 is 10.0 Å². The molecule has 2 aromatic carbocycles. The van der Waals surface area contributed by atoms with E-state index in [9.17, 15) is 17.6 Å². The van der Waals surface area contributed by atoms with Gasteiger partial charge in [0.25, 0.3) is 0 Å². The van der Waals surface area contributed by atoms with E-state index in [-0.39, 0.29) is 28.8 Å². The smallest absolute Gasteiger partial charge is 0.243 e. The number of carbonyl (C=O) groups excluding carboxylic acids is 1. The summed E-state index contributed by atoms with van der Waals surface area (Å²) in [7, 11) is -3.52. The number of hydrogen-bond acceptors (Lipinski definition) is 3. The quantitative estimate of drug-likeness (QED) is 0.767. The highest BCUT2D eigenvalue weighted by atomic mass is 32.2. The highest BCUT2D eigenvalue weighted by Gasteiger charge is 2.33. The van der Waals surface area contributed by atoms with Crippen LogP contribution >= 0.6 is 0 Å². The molecule has 132 valence electrons. The van der Waals surface area contributed by atoms with Crippen molar-refractivity contribution >= 4 is 15.8 Å². The van der Waals surface area contributed by atoms with Crippen LogP contribution in [-0.2, 0) is 10.0 Å². The third-order valence-electron chi connectivity index (χ3n) is 4.55. The fraction of sp³-hybridized carbons (Fsp3) is 0.316. The highest BCUT2D eigenvalue weighted by molar-refractivity contribution is 7.89. The van der Waals surface area contributed by atoms with E-state index in [1.54, 1.807) is 24.3 Å². The number of ketones is 1. The molecule has 0 N–H and O–H groups in total. The summed E-state index contributed by atoms with van der Waals surface area (Å²) in [4.78, 5) is 12.6. The summed E-state index contributed by atoms with van der Waals surface area (Å²) < 4.78 is 39.8. The van der Waals surface area contributed by atoms with Crippen molar-refractivity contribution in [2.24, 2.45) is 5.92 Å². The molecule has 0 aromatic heterocycles. The van der Waals surface area contributed by atoms with Crippen LogP contribution in [0.3, 0.4) is 0 Å². The van der Waals surface area contributed by atoms with Crippen molar-refractivity contribution in [1.82, 2.24) is 4.31 Å². The minimum atomic E-state index is -3.52. The van der Waals surface area contributed by atoms with Crippen molar-refractivity contribution in [2.75, 3.05) is 13.1 Å². The third-order valence-corrected chi connectivity index (χ3v) is 6.43. The van der Waals surface area contributed by atoms with E-state index in [2.05, 4.69) is 0 Å². The molecule has 4 nitrogen and oxygen atoms in total. The zero-order valence-electron chi connectivity index (χ0n) is 14.0. The molecule has 1 aliphatic rings. The summed E-state index contributed by atoms with van der Waals surface area (Å²) in [5.74, 6) is -0.481. The zero-order valence-corrected chi connectivity index (χ0v) is 14.8. The third kappa shape index (κ3) is 3.96. The predicted octanol–water partition coefficient (Wildman–Crippen LogP) is 3.42. The Morgan fingerprint density at radius 2 is 1.76 bits per heavy atom. The first kappa shape index (κ1) is 17.8. The van der Waals surface area contributed by atoms with E-state index in [0.29, 0.717) is 25.1 Å². The fourth-order valence-electron chi connectivity index (χ4n) is 3.06. The Morgan fingerprint density at radius 3 is 2.40 bits per heavy atom. The molecule has 3 rings (SSSR count). The predicted molar refractivity (Wildman–Crippen MR) is 93.4 cm³/mol. The second-order valence-electron chi connectivity index (χ2n) is 6.46. The number of sulfonamides is 1. The maximum Gasteiger partial charge on any atom is 0.243 e. The van der Waals surface area contributed by atoms with Crippen molar-refractivity contribution < 1.29 is 17.6 Å². The van der Waals surface area contributed by atoms with Crippen LogP contribution in [0.2, 0.25) is 0 Å². The topological polar surface area (TPSA) is 54.5 Å². The fourth-order valence-corrected chi connectivity index (χ4v) is 4.59. The van der Waals surface area contributed by atoms with Gasteiger partial charge in [0.15, 0.2) is 5.78 Å². The maximum absolute atomic E-state index is 12.9. The monoisotopic (exact) mass is 361 g/mol. The number of halogens is 1. The number of nitrogens with zero attached hydrogens (tertiary/aromatic N) is 1. The normalized spacial score (nSPS) is 18.4. The Balaban J connectivity index is 1.66. The van der Waals surface area contributed by atoms with E-state index in [0.717, 1.165) is 5.56 Å². The van der Waals surface area contributed by atoms with Crippen LogP contribution in [0.25, 0.3) is 0 Å². The van der Waals surface area contributed by atoms with Gasteiger partial charge in [-0.2, -0.15) is 4.31 Å². The molecule has 0 amide bonds. The van der Waals surface area contributed by atoms with Crippen LogP contribution in [0.1, 0.15) is 28.8 Å². The van der Waals surface area contributed by atoms with Crippen LogP contribution in [0.5, 0.6) is 0 Å². The second-order valence-corrected chi connectivity index (χ2v) is 8.40. The molecule has 1 heterocycles. The molecule has 1 aliphatic heterocycles. The lowest BCUT2D eigenvalue weighted by Crippen LogP contribution is -2.29. The summed E-state index contributed by atoms with van der Waals surface area (Å²) in [6.45, 7) is 2.66. The number of Topliss-reactive ketones (excluding diaryl/α,β-unsaturated/α-hetero) is 1. The van der Waals surface area contributed by atoms with Crippen molar-refractivity contribution in [3.8, 4) is 0 Å². The van der Waals surface area contributed by atoms with E-state index >= 15 is 0 Å². The molecule has 0 radical (unpaired) electrons. The average molecular weight is 361 g/mol. The average Bonchev–Trinajstić information content (AvgIpc) is 3.05. The van der Waals surface area contributed by atoms with Crippen LogP contribution in [-0.4, -0.2) is 31.6 Å². The number of rotatable bonds is 5. The van der Waals surface area contributed by atoms with Crippen molar-refractivity contribution in [3.05, 3.63) is 65.5 Å². The molecule has 1 saturated heterocycles. The number of carbonyl (C=O) groups is 1. The van der Waals surface area contributed by atoms with E-state index in [1.807, 2.05) is 6.92 Å². The van der Waals surface area contributed by atoms with Gasteiger partial charge in [0.05, 0.1) is 4.90 Å². The van der Waals surface area contributed by atoms with Gasteiger partial charge in [-0.3, -0.25) is 4.79 Å². The molecule has 2 aromatic rings. The van der Waals surface area contributed by atoms with Gasteiger partial charge < -0.3 is 0 Å². The van der Waals surface area contributed by atoms with Gasteiger partial charge in [-0.25, -0.2) is 12.8 Å². The Labute approximate surface area is 147 Å². The van der Waals surface area contributed by atoms with Gasteiger partial charge in [-0.15, -0.1) is 0 Å². The van der Waals surface area contributed by atoms with Crippen molar-refractivity contribution in [3.63, 3.8) is 0 Å². The molecule has 0 spiro atoms. The van der Waals surface area contributed by atoms with Crippen LogP contribution in [0.15, 0.2) is 53.4 Å². The lowest BCUT2D eigenvalue weighted by molar-refractivity contribution is 0.0963. The van der Waals surface area contributed by atoms with Gasteiger partial charge in [0, 0.05) is 25.1 Å². The molecule has 1 atom stereocenters. The molecule has 6 heteroatoms. The summed E-state index contributed by atoms with van der Waals surface area (Å²) in [6.07, 6.45) is 0.920. The molecule has 25 heavy (non-hydrogen) atoms. The van der Waals surface area contributed by atoms with Gasteiger partial charge in [0.2, 0.25) is 10.0 Å². The SMILES string of the molecule is Cc1ccc(S(=O)(=O)N2CC[C@@H](CC(=O)c3ccc(F)cc3)C2)cc1. The van der Waals surface area contributed by atoms with Crippen LogP contribution in [0.4, 0.5) is 4.39 Å². The summed E-state index contributed by atoms with van der Waals surface area (Å²) in [6, 6.07) is 12.2. The second kappa shape index (κ2) is 7.06. The molecule has 1 fully saturated rings. The van der Waals surface area contributed by atoms with Gasteiger partial charge in [-0.1, -0.05) is 17.7 Å². The first-order valence-electron chi connectivity index (χ1n) is 8.22. The first-order chi connectivity index (χ1) is 11.9. The first-order valence-corrected chi connectivity index (χ1v) is 9.66. The summed E-state index contributed by atoms with van der Waals surface area (Å²) >= 11 is 0. The van der Waals surface area contributed by atoms with E-state index in [4.69, 9.17) is 0 Å². The lowest BCUT2D eigenvalue weighted by atomic mass is 9.98. The number of hydrogen-bond donors (Lipinski definition) is 0. The van der Waals surface area contributed by atoms with Crippen molar-refractivity contribution in [1.29, 1.82) is 0 Å². The molecule has 0 unspecified atom stereocenters. The Bertz CT molecular complexity index is 861. The minimum absolute atomic E-state index is 0.0159. The van der Waals surface area contributed by atoms with Crippen LogP contribution in [0, 0.1) is 18.7 Å². The standard InChI is InChI=1S/C19H20FNO3S/c1-14-2-8-18(9-3-14)25(23,24)21-11-10-15(13-21)12-19(22)16-4-6-17(20)7-5-16/h2-9,15H,10-13H2,1H3/t15-/m0/s1. The summed E-state index contributed by atoms with van der Waals surface area (Å²) in [5.41, 5.74) is 1.46. The zero-order chi connectivity index (χ0) is 18.0. The van der Waals surface area contributed by atoms with Gasteiger partial charge in [-0.05, 0) is 55.7 Å². The van der Waals surface area contributed by atoms with Crippen LogP contribution < -0.4 is 0 Å². The lowest BCUT2D eigenvalue weighted by Gasteiger charge is -2.16. The minimum Gasteiger partial charge on any atom is -0.294 e. The Kier molecular flexibility index (Phi) is 5.01. The van der Waals surface area contributed by atoms with E-state index in [1.165, 1.54) is 28.6 Å². The molecule has 0 aliphatic carbocycles. The molecule has 0 bridgehead atoms. The number of aryl methyl sites for hydroxylation is 1. The largest absolute Gasteiger partial charge is 0.294 e. The van der Waals surface area contributed by atoms with Gasteiger partial charge in [0.1, 0.15) is 5.82 Å². The molecule has 0 saturated carbocycles. The van der Waals surface area contributed by atoms with Crippen molar-refractivity contribution in [2.45, 2.75) is 24.7 Å². The van der Waals surface area contributed by atoms with Gasteiger partial charge >= 0.3 is 0 Å². The Hall–Kier alpha value is -2.05. The Morgan fingerprint density at radius 1 is 1.12 bits per heavy atom.